The Morgan fingerprint density at radius 2 is 1.59 bits per heavy atom. The second kappa shape index (κ2) is 8.35. The van der Waals surface area contributed by atoms with E-state index in [0.717, 1.165) is 30.6 Å². The number of nitrogens with one attached hydrogen (secondary N) is 1. The average Bonchev–Trinajstić information content (AvgIpc) is 3.33. The van der Waals surface area contributed by atoms with Crippen molar-refractivity contribution in [3.05, 3.63) is 107 Å². The van der Waals surface area contributed by atoms with Crippen molar-refractivity contribution >= 4 is 23.2 Å². The Morgan fingerprint density at radius 1 is 0.906 bits per heavy atom. The fourth-order valence-corrected chi connectivity index (χ4v) is 4.46. The molecule has 32 heavy (non-hydrogen) atoms. The lowest BCUT2D eigenvalue weighted by Crippen LogP contribution is -2.36. The van der Waals surface area contributed by atoms with E-state index in [4.69, 9.17) is 0 Å². The predicted octanol–water partition coefficient (Wildman–Crippen LogP) is 3.99. The highest BCUT2D eigenvalue weighted by atomic mass is 16.2. The third-order valence-corrected chi connectivity index (χ3v) is 6.21. The van der Waals surface area contributed by atoms with Crippen molar-refractivity contribution in [3.63, 3.8) is 0 Å². The molecule has 2 aliphatic heterocycles. The van der Waals surface area contributed by atoms with Crippen LogP contribution in [0.25, 0.3) is 5.70 Å². The quantitative estimate of drug-likeness (QED) is 0.652. The Kier molecular flexibility index (Phi) is 5.23. The van der Waals surface area contributed by atoms with Crippen molar-refractivity contribution in [2.24, 2.45) is 0 Å². The smallest absolute Gasteiger partial charge is 0.259 e. The highest BCUT2D eigenvalue weighted by molar-refractivity contribution is 6.10. The molecule has 0 fully saturated rings. The first-order valence-corrected chi connectivity index (χ1v) is 10.9. The maximum atomic E-state index is 12.6. The molecule has 1 N–H and O–H groups in total. The number of anilines is 1. The molecule has 5 heteroatoms. The molecule has 160 valence electrons. The number of fused-ring (bicyclic) bond motifs is 2. The van der Waals surface area contributed by atoms with Gasteiger partial charge in [-0.15, -0.1) is 0 Å². The summed E-state index contributed by atoms with van der Waals surface area (Å²) in [4.78, 5) is 28.9. The van der Waals surface area contributed by atoms with Gasteiger partial charge in [-0.25, -0.2) is 0 Å². The maximum Gasteiger partial charge on any atom is 0.259 e. The fraction of sp³-hybridized carbons (Fsp3) is 0.185. The lowest BCUT2D eigenvalue weighted by Gasteiger charge is -2.19. The van der Waals surface area contributed by atoms with E-state index in [2.05, 4.69) is 53.2 Å². The molecule has 3 aromatic rings. The van der Waals surface area contributed by atoms with E-state index in [1.807, 2.05) is 30.3 Å². The summed E-state index contributed by atoms with van der Waals surface area (Å²) in [6.07, 6.45) is 1.09. The van der Waals surface area contributed by atoms with Crippen LogP contribution in [0.5, 0.6) is 0 Å². The number of para-hydroxylation sites is 1. The molecule has 2 amide bonds. The maximum absolute atomic E-state index is 12.6. The van der Waals surface area contributed by atoms with Gasteiger partial charge in [-0.3, -0.25) is 14.5 Å². The molecule has 0 atom stereocenters. The Labute approximate surface area is 188 Å². The standard InChI is InChI=1S/C27H25N3O2/c1-19-23-7-3-4-8-24(23)27(32)30(19)18-26(31)28-16-20-10-12-21(13-11-20)17-29-15-14-22-6-2-5-9-25(22)29/h2-13H,1,14-18H2,(H,28,31). The monoisotopic (exact) mass is 423 g/mol. The van der Waals surface area contributed by atoms with Crippen molar-refractivity contribution in [1.29, 1.82) is 0 Å². The van der Waals surface area contributed by atoms with E-state index in [1.165, 1.54) is 21.7 Å². The van der Waals surface area contributed by atoms with Crippen molar-refractivity contribution < 1.29 is 9.59 Å². The number of nitrogens with zero attached hydrogens (tertiary/aromatic N) is 2. The average molecular weight is 424 g/mol. The summed E-state index contributed by atoms with van der Waals surface area (Å²) < 4.78 is 0. The van der Waals surface area contributed by atoms with Crippen LogP contribution in [-0.4, -0.2) is 29.8 Å². The van der Waals surface area contributed by atoms with Gasteiger partial charge in [0.25, 0.3) is 5.91 Å². The van der Waals surface area contributed by atoms with Crippen LogP contribution < -0.4 is 10.2 Å². The minimum atomic E-state index is -0.204. The number of hydrogen-bond donors (Lipinski definition) is 1. The summed E-state index contributed by atoms with van der Waals surface area (Å²) in [5, 5.41) is 2.91. The molecule has 0 saturated heterocycles. The van der Waals surface area contributed by atoms with E-state index >= 15 is 0 Å². The molecule has 0 unspecified atom stereocenters. The first kappa shape index (κ1) is 20.1. The van der Waals surface area contributed by atoms with Crippen molar-refractivity contribution in [2.75, 3.05) is 18.0 Å². The molecule has 5 rings (SSSR count). The van der Waals surface area contributed by atoms with Gasteiger partial charge in [0.15, 0.2) is 0 Å². The molecule has 2 heterocycles. The number of carbonyl (C=O) groups excluding carboxylic acids is 2. The Balaban J connectivity index is 1.15. The van der Waals surface area contributed by atoms with Gasteiger partial charge < -0.3 is 10.2 Å². The van der Waals surface area contributed by atoms with E-state index in [1.54, 1.807) is 6.07 Å². The van der Waals surface area contributed by atoms with Gasteiger partial charge in [0.1, 0.15) is 6.54 Å². The highest BCUT2D eigenvalue weighted by Crippen LogP contribution is 2.31. The first-order valence-electron chi connectivity index (χ1n) is 10.9. The fourth-order valence-electron chi connectivity index (χ4n) is 4.46. The summed E-state index contributed by atoms with van der Waals surface area (Å²) in [7, 11) is 0. The van der Waals surface area contributed by atoms with E-state index < -0.39 is 0 Å². The number of carbonyl (C=O) groups is 2. The van der Waals surface area contributed by atoms with Gasteiger partial charge >= 0.3 is 0 Å². The van der Waals surface area contributed by atoms with Crippen LogP contribution in [0.3, 0.4) is 0 Å². The van der Waals surface area contributed by atoms with Crippen LogP contribution in [0, 0.1) is 0 Å². The lowest BCUT2D eigenvalue weighted by atomic mass is 10.1. The molecular formula is C27H25N3O2. The topological polar surface area (TPSA) is 52.7 Å². The van der Waals surface area contributed by atoms with E-state index in [-0.39, 0.29) is 18.4 Å². The Bertz CT molecular complexity index is 1160. The van der Waals surface area contributed by atoms with Crippen LogP contribution in [0.15, 0.2) is 79.4 Å². The number of amides is 2. The van der Waals surface area contributed by atoms with Gasteiger partial charge in [-0.2, -0.15) is 0 Å². The van der Waals surface area contributed by atoms with Crippen LogP contribution in [0.4, 0.5) is 5.69 Å². The number of benzene rings is 3. The van der Waals surface area contributed by atoms with Gasteiger partial charge in [-0.1, -0.05) is 67.2 Å². The molecule has 0 radical (unpaired) electrons. The summed E-state index contributed by atoms with van der Waals surface area (Å²) in [6.45, 7) is 6.30. The molecule has 0 bridgehead atoms. The molecule has 0 aliphatic carbocycles. The SMILES string of the molecule is C=C1c2ccccc2C(=O)N1CC(=O)NCc1ccc(CN2CCc3ccccc32)cc1. The second-order valence-corrected chi connectivity index (χ2v) is 8.28. The van der Waals surface area contributed by atoms with Gasteiger partial charge in [0.2, 0.25) is 5.91 Å². The minimum Gasteiger partial charge on any atom is -0.367 e. The molecule has 0 spiro atoms. The number of rotatable bonds is 6. The largest absolute Gasteiger partial charge is 0.367 e. The van der Waals surface area contributed by atoms with Crippen molar-refractivity contribution in [3.8, 4) is 0 Å². The molecule has 2 aliphatic rings. The minimum absolute atomic E-state index is 0.0290. The van der Waals surface area contributed by atoms with E-state index in [9.17, 15) is 9.59 Å². The van der Waals surface area contributed by atoms with Crippen LogP contribution in [0.2, 0.25) is 0 Å². The summed E-state index contributed by atoms with van der Waals surface area (Å²) in [5.41, 5.74) is 6.97. The van der Waals surface area contributed by atoms with E-state index in [0.29, 0.717) is 17.8 Å². The van der Waals surface area contributed by atoms with Gasteiger partial charge in [0.05, 0.1) is 0 Å². The molecule has 0 saturated carbocycles. The van der Waals surface area contributed by atoms with Gasteiger partial charge in [0, 0.05) is 42.1 Å². The van der Waals surface area contributed by atoms with Crippen molar-refractivity contribution in [2.45, 2.75) is 19.5 Å². The predicted molar refractivity (Wildman–Crippen MR) is 126 cm³/mol. The highest BCUT2D eigenvalue weighted by Gasteiger charge is 2.31. The zero-order valence-electron chi connectivity index (χ0n) is 17.9. The molecule has 3 aromatic carbocycles. The van der Waals surface area contributed by atoms with Crippen LogP contribution in [-0.2, 0) is 24.3 Å². The van der Waals surface area contributed by atoms with Gasteiger partial charge in [-0.05, 0) is 35.2 Å². The second-order valence-electron chi connectivity index (χ2n) is 8.28. The van der Waals surface area contributed by atoms with Crippen LogP contribution >= 0.6 is 0 Å². The third kappa shape index (κ3) is 3.78. The first-order chi connectivity index (χ1) is 15.6. The molecule has 5 nitrogen and oxygen atoms in total. The Morgan fingerprint density at radius 3 is 2.38 bits per heavy atom. The lowest BCUT2D eigenvalue weighted by molar-refractivity contribution is -0.121. The molecule has 0 aromatic heterocycles. The zero-order chi connectivity index (χ0) is 22.1. The van der Waals surface area contributed by atoms with Crippen LogP contribution in [0.1, 0.15) is 32.6 Å². The summed E-state index contributed by atoms with van der Waals surface area (Å²) in [5.74, 6) is -0.376. The zero-order valence-corrected chi connectivity index (χ0v) is 17.9. The molecular weight excluding hydrogens is 398 g/mol. The Hall–Kier alpha value is -3.86. The summed E-state index contributed by atoms with van der Waals surface area (Å²) in [6, 6.07) is 24.2. The number of hydrogen-bond acceptors (Lipinski definition) is 3. The normalized spacial score (nSPS) is 14.5. The third-order valence-electron chi connectivity index (χ3n) is 6.21. The summed E-state index contributed by atoms with van der Waals surface area (Å²) >= 11 is 0. The van der Waals surface area contributed by atoms with Crippen molar-refractivity contribution in [1.82, 2.24) is 10.2 Å².